The highest BCUT2D eigenvalue weighted by Crippen LogP contribution is 2.35. The SMILES string of the molecule is Cc1ccc(CN2CCO[C@@H]3[C@@H](CNC(=O)c4ccco4)CC[C@@H]32)o1. The number of carbonyl (C=O) groups excluding carboxylic acids is 1. The van der Waals surface area contributed by atoms with Crippen molar-refractivity contribution in [1.29, 1.82) is 0 Å². The van der Waals surface area contributed by atoms with E-state index < -0.39 is 0 Å². The standard InChI is InChI=1S/C19H24N2O4/c1-13-4-6-15(25-13)12-21-8-10-24-18-14(5-7-16(18)21)11-20-19(22)17-3-2-9-23-17/h2-4,6,9,14,16,18H,5,7-8,10-12H2,1H3,(H,20,22)/t14-,16+,18-/m1/s1. The molecule has 2 aliphatic rings. The molecule has 1 N–H and O–H groups in total. The molecule has 134 valence electrons. The van der Waals surface area contributed by atoms with E-state index in [0.29, 0.717) is 24.3 Å². The molecule has 25 heavy (non-hydrogen) atoms. The van der Waals surface area contributed by atoms with Gasteiger partial charge in [-0.25, -0.2) is 0 Å². The molecule has 3 atom stereocenters. The van der Waals surface area contributed by atoms with Crippen LogP contribution in [-0.2, 0) is 11.3 Å². The number of furan rings is 2. The van der Waals surface area contributed by atoms with Crippen molar-refractivity contribution in [2.45, 2.75) is 38.5 Å². The van der Waals surface area contributed by atoms with Gasteiger partial charge in [-0.3, -0.25) is 9.69 Å². The van der Waals surface area contributed by atoms with Crippen molar-refractivity contribution in [3.63, 3.8) is 0 Å². The normalized spacial score (nSPS) is 26.5. The summed E-state index contributed by atoms with van der Waals surface area (Å²) in [6.07, 6.45) is 3.83. The van der Waals surface area contributed by atoms with Gasteiger partial charge in [0.15, 0.2) is 5.76 Å². The van der Waals surface area contributed by atoms with Crippen LogP contribution < -0.4 is 5.32 Å². The van der Waals surface area contributed by atoms with E-state index in [4.69, 9.17) is 13.6 Å². The lowest BCUT2D eigenvalue weighted by atomic mass is 10.0. The van der Waals surface area contributed by atoms with E-state index >= 15 is 0 Å². The lowest BCUT2D eigenvalue weighted by Crippen LogP contribution is -2.50. The first-order valence-electron chi connectivity index (χ1n) is 8.93. The molecule has 3 heterocycles. The van der Waals surface area contributed by atoms with Gasteiger partial charge in [-0.1, -0.05) is 0 Å². The Balaban J connectivity index is 1.35. The summed E-state index contributed by atoms with van der Waals surface area (Å²) in [7, 11) is 0. The summed E-state index contributed by atoms with van der Waals surface area (Å²) >= 11 is 0. The largest absolute Gasteiger partial charge is 0.465 e. The Hall–Kier alpha value is -2.05. The molecule has 1 aliphatic heterocycles. The van der Waals surface area contributed by atoms with Crippen molar-refractivity contribution in [3.8, 4) is 0 Å². The zero-order chi connectivity index (χ0) is 17.2. The number of nitrogens with zero attached hydrogens (tertiary/aromatic N) is 1. The number of nitrogens with one attached hydrogen (secondary N) is 1. The van der Waals surface area contributed by atoms with Gasteiger partial charge in [0.1, 0.15) is 11.5 Å². The van der Waals surface area contributed by atoms with Crippen LogP contribution in [0.1, 0.15) is 34.9 Å². The molecule has 4 rings (SSSR count). The maximum Gasteiger partial charge on any atom is 0.286 e. The zero-order valence-corrected chi connectivity index (χ0v) is 14.4. The summed E-state index contributed by atoms with van der Waals surface area (Å²) < 4.78 is 16.9. The highest BCUT2D eigenvalue weighted by Gasteiger charge is 2.42. The van der Waals surface area contributed by atoms with Crippen LogP contribution in [0, 0.1) is 12.8 Å². The van der Waals surface area contributed by atoms with Gasteiger partial charge >= 0.3 is 0 Å². The zero-order valence-electron chi connectivity index (χ0n) is 14.4. The second-order valence-electron chi connectivity index (χ2n) is 6.91. The monoisotopic (exact) mass is 344 g/mol. The Morgan fingerprint density at radius 2 is 2.24 bits per heavy atom. The summed E-state index contributed by atoms with van der Waals surface area (Å²) in [6, 6.07) is 7.85. The van der Waals surface area contributed by atoms with Gasteiger partial charge in [0.25, 0.3) is 5.91 Å². The minimum atomic E-state index is -0.160. The molecule has 6 nitrogen and oxygen atoms in total. The fourth-order valence-electron chi connectivity index (χ4n) is 4.04. The molecule has 1 aliphatic carbocycles. The first-order valence-corrected chi connectivity index (χ1v) is 8.93. The molecule has 2 fully saturated rings. The molecule has 2 aromatic rings. The predicted molar refractivity (Wildman–Crippen MR) is 91.1 cm³/mol. The van der Waals surface area contributed by atoms with E-state index in [2.05, 4.69) is 16.3 Å². The summed E-state index contributed by atoms with van der Waals surface area (Å²) in [6.45, 7) is 5.06. The fraction of sp³-hybridized carbons (Fsp3) is 0.526. The van der Waals surface area contributed by atoms with Crippen molar-refractivity contribution in [2.24, 2.45) is 5.92 Å². The van der Waals surface area contributed by atoms with Gasteiger partial charge in [0.2, 0.25) is 0 Å². The lowest BCUT2D eigenvalue weighted by molar-refractivity contribution is -0.0773. The van der Waals surface area contributed by atoms with Gasteiger partial charge in [0, 0.05) is 25.0 Å². The highest BCUT2D eigenvalue weighted by molar-refractivity contribution is 5.91. The second kappa shape index (κ2) is 7.06. The maximum absolute atomic E-state index is 12.1. The third-order valence-corrected chi connectivity index (χ3v) is 5.26. The first-order chi connectivity index (χ1) is 12.2. The molecular weight excluding hydrogens is 320 g/mol. The highest BCUT2D eigenvalue weighted by atomic mass is 16.5. The quantitative estimate of drug-likeness (QED) is 0.903. The minimum absolute atomic E-state index is 0.160. The molecular formula is C19H24N2O4. The topological polar surface area (TPSA) is 67.8 Å². The Labute approximate surface area is 147 Å². The number of aryl methyl sites for hydroxylation is 1. The second-order valence-corrected chi connectivity index (χ2v) is 6.91. The van der Waals surface area contributed by atoms with E-state index in [1.54, 1.807) is 12.1 Å². The van der Waals surface area contributed by atoms with Crippen LogP contribution in [0.3, 0.4) is 0 Å². The summed E-state index contributed by atoms with van der Waals surface area (Å²) in [5, 5.41) is 2.98. The molecule has 6 heteroatoms. The Bertz CT molecular complexity index is 709. The first kappa shape index (κ1) is 16.4. The van der Waals surface area contributed by atoms with Crippen LogP contribution in [0.5, 0.6) is 0 Å². The van der Waals surface area contributed by atoms with Gasteiger partial charge in [0.05, 0.1) is 25.5 Å². The molecule has 0 spiro atoms. The van der Waals surface area contributed by atoms with Crippen molar-refractivity contribution in [2.75, 3.05) is 19.7 Å². The molecule has 0 radical (unpaired) electrons. The van der Waals surface area contributed by atoms with E-state index in [1.807, 2.05) is 13.0 Å². The van der Waals surface area contributed by atoms with E-state index in [1.165, 1.54) is 6.26 Å². The Morgan fingerprint density at radius 1 is 1.32 bits per heavy atom. The maximum atomic E-state index is 12.1. The van der Waals surface area contributed by atoms with Crippen LogP contribution in [0.15, 0.2) is 39.4 Å². The third-order valence-electron chi connectivity index (χ3n) is 5.26. The van der Waals surface area contributed by atoms with Gasteiger partial charge in [-0.2, -0.15) is 0 Å². The number of fused-ring (bicyclic) bond motifs is 1. The number of morpholine rings is 1. The van der Waals surface area contributed by atoms with Gasteiger partial charge in [-0.05, 0) is 44.0 Å². The minimum Gasteiger partial charge on any atom is -0.465 e. The van der Waals surface area contributed by atoms with Crippen molar-refractivity contribution in [3.05, 3.63) is 47.8 Å². The molecule has 2 aromatic heterocycles. The Kier molecular flexibility index (Phi) is 4.63. The van der Waals surface area contributed by atoms with Crippen LogP contribution >= 0.6 is 0 Å². The number of hydrogen-bond donors (Lipinski definition) is 1. The predicted octanol–water partition coefficient (Wildman–Crippen LogP) is 2.59. The van der Waals surface area contributed by atoms with Crippen LogP contribution in [0.25, 0.3) is 0 Å². The smallest absolute Gasteiger partial charge is 0.286 e. The third kappa shape index (κ3) is 3.50. The van der Waals surface area contributed by atoms with Crippen LogP contribution in [0.4, 0.5) is 0 Å². The molecule has 1 amide bonds. The van der Waals surface area contributed by atoms with Gasteiger partial charge < -0.3 is 18.9 Å². The average molecular weight is 344 g/mol. The number of amides is 1. The average Bonchev–Trinajstić information content (AvgIpc) is 3.34. The van der Waals surface area contributed by atoms with E-state index in [9.17, 15) is 4.79 Å². The summed E-state index contributed by atoms with van der Waals surface area (Å²) in [5.74, 6) is 2.49. The molecule has 1 saturated carbocycles. The van der Waals surface area contributed by atoms with Crippen LogP contribution in [-0.4, -0.2) is 42.6 Å². The van der Waals surface area contributed by atoms with Crippen LogP contribution in [0.2, 0.25) is 0 Å². The number of hydrogen-bond acceptors (Lipinski definition) is 5. The van der Waals surface area contributed by atoms with E-state index in [0.717, 1.165) is 44.1 Å². The van der Waals surface area contributed by atoms with Crippen molar-refractivity contribution < 1.29 is 18.4 Å². The molecule has 0 unspecified atom stereocenters. The van der Waals surface area contributed by atoms with Gasteiger partial charge in [-0.15, -0.1) is 0 Å². The summed E-state index contributed by atoms with van der Waals surface area (Å²) in [4.78, 5) is 14.5. The van der Waals surface area contributed by atoms with Crippen molar-refractivity contribution in [1.82, 2.24) is 10.2 Å². The molecule has 1 saturated heterocycles. The number of rotatable bonds is 5. The number of ether oxygens (including phenoxy) is 1. The van der Waals surface area contributed by atoms with E-state index in [-0.39, 0.29) is 12.0 Å². The molecule has 0 bridgehead atoms. The summed E-state index contributed by atoms with van der Waals surface area (Å²) in [5.41, 5.74) is 0. The fourth-order valence-corrected chi connectivity index (χ4v) is 4.04. The van der Waals surface area contributed by atoms with Crippen molar-refractivity contribution >= 4 is 5.91 Å². The molecule has 0 aromatic carbocycles. The number of carbonyl (C=O) groups is 1. The lowest BCUT2D eigenvalue weighted by Gasteiger charge is -2.38. The Morgan fingerprint density at radius 3 is 3.00 bits per heavy atom.